The lowest BCUT2D eigenvalue weighted by Crippen LogP contribution is -2.52. The van der Waals surface area contributed by atoms with Gasteiger partial charge in [0.05, 0.1) is 6.10 Å². The fourth-order valence-corrected chi connectivity index (χ4v) is 2.48. The largest absolute Gasteiger partial charge is 0.396 e. The average molecular weight is 227 g/mol. The van der Waals surface area contributed by atoms with Crippen molar-refractivity contribution in [1.82, 2.24) is 4.90 Å². The molecular weight excluding hydrogens is 206 g/mol. The molecule has 4 heteroatoms. The van der Waals surface area contributed by atoms with Gasteiger partial charge in [0.1, 0.15) is 0 Å². The SMILES string of the molecule is CCOC1CC(CC(=O)N2CC(CO)C2)C1. The van der Waals surface area contributed by atoms with Crippen molar-refractivity contribution in [2.75, 3.05) is 26.3 Å². The van der Waals surface area contributed by atoms with Crippen LogP contribution in [0.1, 0.15) is 26.2 Å². The summed E-state index contributed by atoms with van der Waals surface area (Å²) in [6, 6.07) is 0. The molecule has 1 aliphatic carbocycles. The molecule has 2 fully saturated rings. The lowest BCUT2D eigenvalue weighted by molar-refractivity contribution is -0.141. The minimum Gasteiger partial charge on any atom is -0.396 e. The average Bonchev–Trinajstić information content (AvgIpc) is 2.13. The van der Waals surface area contributed by atoms with E-state index >= 15 is 0 Å². The van der Waals surface area contributed by atoms with Crippen molar-refractivity contribution < 1.29 is 14.6 Å². The first-order chi connectivity index (χ1) is 7.72. The quantitative estimate of drug-likeness (QED) is 0.750. The number of carbonyl (C=O) groups is 1. The Labute approximate surface area is 96.6 Å². The van der Waals surface area contributed by atoms with Gasteiger partial charge in [0, 0.05) is 38.6 Å². The molecule has 0 aromatic heterocycles. The van der Waals surface area contributed by atoms with Crippen LogP contribution >= 0.6 is 0 Å². The first kappa shape index (κ1) is 11.9. The highest BCUT2D eigenvalue weighted by molar-refractivity contribution is 5.77. The Bertz CT molecular complexity index is 245. The summed E-state index contributed by atoms with van der Waals surface area (Å²) in [5.41, 5.74) is 0. The van der Waals surface area contributed by atoms with Crippen molar-refractivity contribution >= 4 is 5.91 Å². The number of nitrogens with zero attached hydrogens (tertiary/aromatic N) is 1. The fraction of sp³-hybridized carbons (Fsp3) is 0.917. The van der Waals surface area contributed by atoms with Gasteiger partial charge in [0.25, 0.3) is 0 Å². The van der Waals surface area contributed by atoms with E-state index in [9.17, 15) is 4.79 Å². The van der Waals surface area contributed by atoms with Crippen molar-refractivity contribution in [2.45, 2.75) is 32.3 Å². The minimum atomic E-state index is 0.208. The summed E-state index contributed by atoms with van der Waals surface area (Å²) in [7, 11) is 0. The maximum Gasteiger partial charge on any atom is 0.222 e. The fourth-order valence-electron chi connectivity index (χ4n) is 2.48. The van der Waals surface area contributed by atoms with E-state index in [2.05, 4.69) is 0 Å². The van der Waals surface area contributed by atoms with E-state index in [4.69, 9.17) is 9.84 Å². The predicted molar refractivity (Wildman–Crippen MR) is 59.9 cm³/mol. The highest BCUT2D eigenvalue weighted by Crippen LogP contribution is 2.33. The molecule has 0 unspecified atom stereocenters. The van der Waals surface area contributed by atoms with Gasteiger partial charge in [-0.15, -0.1) is 0 Å². The van der Waals surface area contributed by atoms with Crippen LogP contribution in [0.4, 0.5) is 0 Å². The molecule has 0 aromatic carbocycles. The molecule has 1 saturated heterocycles. The van der Waals surface area contributed by atoms with E-state index in [0.29, 0.717) is 24.4 Å². The van der Waals surface area contributed by atoms with Crippen LogP contribution in [0.3, 0.4) is 0 Å². The van der Waals surface area contributed by atoms with Crippen LogP contribution in [0.15, 0.2) is 0 Å². The van der Waals surface area contributed by atoms with Gasteiger partial charge in [0.15, 0.2) is 0 Å². The van der Waals surface area contributed by atoms with Gasteiger partial charge in [-0.25, -0.2) is 0 Å². The lowest BCUT2D eigenvalue weighted by atomic mass is 9.79. The third-order valence-corrected chi connectivity index (χ3v) is 3.63. The predicted octanol–water partition coefficient (Wildman–Crippen LogP) is 0.642. The third kappa shape index (κ3) is 2.55. The number of rotatable bonds is 5. The third-order valence-electron chi connectivity index (χ3n) is 3.63. The molecular formula is C12H21NO3. The Balaban J connectivity index is 1.59. The molecule has 1 N–H and O–H groups in total. The summed E-state index contributed by atoms with van der Waals surface area (Å²) < 4.78 is 5.47. The first-order valence-corrected chi connectivity index (χ1v) is 6.23. The number of hydrogen-bond acceptors (Lipinski definition) is 3. The molecule has 0 spiro atoms. The standard InChI is InChI=1S/C12H21NO3/c1-2-16-11-3-9(4-11)5-12(15)13-6-10(7-13)8-14/h9-11,14H,2-8H2,1H3. The van der Waals surface area contributed by atoms with Crippen LogP contribution in [-0.2, 0) is 9.53 Å². The van der Waals surface area contributed by atoms with Crippen LogP contribution in [0.2, 0.25) is 0 Å². The Kier molecular flexibility index (Phi) is 3.82. The summed E-state index contributed by atoms with van der Waals surface area (Å²) >= 11 is 0. The lowest BCUT2D eigenvalue weighted by Gasteiger charge is -2.41. The number of likely N-dealkylation sites (tertiary alicyclic amines) is 1. The van der Waals surface area contributed by atoms with Crippen molar-refractivity contribution in [3.63, 3.8) is 0 Å². The van der Waals surface area contributed by atoms with E-state index < -0.39 is 0 Å². The molecule has 0 bridgehead atoms. The molecule has 92 valence electrons. The van der Waals surface area contributed by atoms with E-state index in [1.165, 1.54) is 0 Å². The van der Waals surface area contributed by atoms with Gasteiger partial charge in [-0.1, -0.05) is 0 Å². The topological polar surface area (TPSA) is 49.8 Å². The zero-order valence-corrected chi connectivity index (χ0v) is 9.89. The second-order valence-corrected chi connectivity index (χ2v) is 4.97. The zero-order valence-electron chi connectivity index (χ0n) is 9.89. The second kappa shape index (κ2) is 5.15. The van der Waals surface area contributed by atoms with Crippen LogP contribution < -0.4 is 0 Å². The van der Waals surface area contributed by atoms with Crippen molar-refractivity contribution in [1.29, 1.82) is 0 Å². The molecule has 0 radical (unpaired) electrons. The monoisotopic (exact) mass is 227 g/mol. The Hall–Kier alpha value is -0.610. The van der Waals surface area contributed by atoms with E-state index in [1.807, 2.05) is 11.8 Å². The first-order valence-electron chi connectivity index (χ1n) is 6.23. The Morgan fingerprint density at radius 1 is 1.38 bits per heavy atom. The summed E-state index contributed by atoms with van der Waals surface area (Å²) in [6.45, 7) is 4.48. The van der Waals surface area contributed by atoms with Crippen LogP contribution in [0.25, 0.3) is 0 Å². The summed E-state index contributed by atoms with van der Waals surface area (Å²) in [5, 5.41) is 8.86. The van der Waals surface area contributed by atoms with Crippen LogP contribution in [0.5, 0.6) is 0 Å². The molecule has 1 saturated carbocycles. The maximum absolute atomic E-state index is 11.8. The maximum atomic E-state index is 11.8. The molecule has 0 aromatic rings. The van der Waals surface area contributed by atoms with Gasteiger partial charge in [-0.3, -0.25) is 4.79 Å². The van der Waals surface area contributed by atoms with Gasteiger partial charge in [-0.05, 0) is 25.7 Å². The molecule has 0 atom stereocenters. The van der Waals surface area contributed by atoms with E-state index in [-0.39, 0.29) is 12.5 Å². The number of aliphatic hydroxyl groups excluding tert-OH is 1. The van der Waals surface area contributed by atoms with Gasteiger partial charge < -0.3 is 14.7 Å². The second-order valence-electron chi connectivity index (χ2n) is 4.97. The van der Waals surface area contributed by atoms with Crippen molar-refractivity contribution in [3.8, 4) is 0 Å². The molecule has 4 nitrogen and oxygen atoms in total. The van der Waals surface area contributed by atoms with Crippen molar-refractivity contribution in [2.24, 2.45) is 11.8 Å². The van der Waals surface area contributed by atoms with Crippen LogP contribution in [-0.4, -0.2) is 48.3 Å². The van der Waals surface area contributed by atoms with Gasteiger partial charge in [-0.2, -0.15) is 0 Å². The number of hydrogen-bond donors (Lipinski definition) is 1. The molecule has 2 rings (SSSR count). The number of carbonyl (C=O) groups excluding carboxylic acids is 1. The Morgan fingerprint density at radius 2 is 2.06 bits per heavy atom. The smallest absolute Gasteiger partial charge is 0.222 e. The summed E-state index contributed by atoms with van der Waals surface area (Å²) in [6.07, 6.45) is 3.14. The molecule has 2 aliphatic rings. The number of ether oxygens (including phenoxy) is 1. The van der Waals surface area contributed by atoms with E-state index in [0.717, 1.165) is 32.5 Å². The minimum absolute atomic E-state index is 0.208. The summed E-state index contributed by atoms with van der Waals surface area (Å²) in [5.74, 6) is 1.10. The number of amides is 1. The zero-order chi connectivity index (χ0) is 11.5. The van der Waals surface area contributed by atoms with Gasteiger partial charge in [0.2, 0.25) is 5.91 Å². The van der Waals surface area contributed by atoms with Crippen LogP contribution in [0, 0.1) is 11.8 Å². The molecule has 1 amide bonds. The molecule has 16 heavy (non-hydrogen) atoms. The van der Waals surface area contributed by atoms with E-state index in [1.54, 1.807) is 0 Å². The van der Waals surface area contributed by atoms with Crippen molar-refractivity contribution in [3.05, 3.63) is 0 Å². The molecule has 1 aliphatic heterocycles. The molecule has 1 heterocycles. The number of aliphatic hydroxyl groups is 1. The Morgan fingerprint density at radius 3 is 2.62 bits per heavy atom. The summed E-state index contributed by atoms with van der Waals surface area (Å²) in [4.78, 5) is 13.6. The highest BCUT2D eigenvalue weighted by atomic mass is 16.5. The van der Waals surface area contributed by atoms with Gasteiger partial charge >= 0.3 is 0 Å². The highest BCUT2D eigenvalue weighted by Gasteiger charge is 2.35. The normalized spacial score (nSPS) is 29.8.